The van der Waals surface area contributed by atoms with Crippen molar-refractivity contribution in [3.63, 3.8) is 0 Å². The normalized spacial score (nSPS) is 21.4. The van der Waals surface area contributed by atoms with E-state index < -0.39 is 5.97 Å². The lowest BCUT2D eigenvalue weighted by atomic mass is 9.98. The molecule has 0 bridgehead atoms. The first-order chi connectivity index (χ1) is 12.1. The van der Waals surface area contributed by atoms with Gasteiger partial charge in [-0.2, -0.15) is 0 Å². The Hall–Kier alpha value is -2.08. The molecule has 136 valence electrons. The number of carboxylic acids is 1. The van der Waals surface area contributed by atoms with Gasteiger partial charge in [-0.15, -0.1) is 0 Å². The number of hydrogen-bond acceptors (Lipinski definition) is 3. The molecule has 0 radical (unpaired) electrons. The van der Waals surface area contributed by atoms with Gasteiger partial charge in [0.15, 0.2) is 0 Å². The monoisotopic (exact) mass is 345 g/mol. The predicted molar refractivity (Wildman–Crippen MR) is 95.5 cm³/mol. The van der Waals surface area contributed by atoms with E-state index in [9.17, 15) is 9.59 Å². The van der Waals surface area contributed by atoms with Crippen molar-refractivity contribution in [1.29, 1.82) is 0 Å². The van der Waals surface area contributed by atoms with Gasteiger partial charge >= 0.3 is 12.0 Å². The Kier molecular flexibility index (Phi) is 5.91. The molecule has 0 spiro atoms. The predicted octanol–water partition coefficient (Wildman–Crippen LogP) is 2.30. The summed E-state index contributed by atoms with van der Waals surface area (Å²) in [5, 5.41) is 15.0. The number of benzene rings is 1. The highest BCUT2D eigenvalue weighted by Gasteiger charge is 2.37. The van der Waals surface area contributed by atoms with E-state index in [1.165, 1.54) is 11.1 Å². The molecular formula is C19H27N3O3. The fraction of sp³-hybridized carbons (Fsp3) is 0.579. The smallest absolute Gasteiger partial charge is 0.318 e. The van der Waals surface area contributed by atoms with Crippen LogP contribution in [0.25, 0.3) is 0 Å². The van der Waals surface area contributed by atoms with Gasteiger partial charge in [0.2, 0.25) is 0 Å². The molecule has 3 rings (SSSR count). The number of aliphatic carboxylic acids is 1. The minimum absolute atomic E-state index is 0.0506. The molecule has 3 N–H and O–H groups in total. The van der Waals surface area contributed by atoms with Gasteiger partial charge < -0.3 is 20.6 Å². The molecule has 2 fully saturated rings. The first-order valence-electron chi connectivity index (χ1n) is 9.22. The van der Waals surface area contributed by atoms with Crippen LogP contribution in [0.2, 0.25) is 0 Å². The Morgan fingerprint density at radius 3 is 2.56 bits per heavy atom. The lowest BCUT2D eigenvalue weighted by Crippen LogP contribution is -2.45. The molecule has 2 aliphatic rings. The molecule has 2 heterocycles. The SMILES string of the molecule is O=C(O)CCCCc1ccc(C2CNC(=O)N2C2CCNCC2)cc1. The summed E-state index contributed by atoms with van der Waals surface area (Å²) in [4.78, 5) is 24.9. The van der Waals surface area contributed by atoms with Gasteiger partial charge in [-0.25, -0.2) is 4.79 Å². The minimum Gasteiger partial charge on any atom is -0.481 e. The van der Waals surface area contributed by atoms with Crippen LogP contribution < -0.4 is 10.6 Å². The van der Waals surface area contributed by atoms with Crippen molar-refractivity contribution >= 4 is 12.0 Å². The molecule has 1 aromatic rings. The summed E-state index contributed by atoms with van der Waals surface area (Å²) in [5.74, 6) is -0.730. The van der Waals surface area contributed by atoms with E-state index >= 15 is 0 Å². The highest BCUT2D eigenvalue weighted by Crippen LogP contribution is 2.30. The molecule has 1 atom stereocenters. The second-order valence-corrected chi connectivity index (χ2v) is 6.93. The third-order valence-electron chi connectivity index (χ3n) is 5.19. The van der Waals surface area contributed by atoms with Gasteiger partial charge in [-0.05, 0) is 56.3 Å². The standard InChI is InChI=1S/C19H27N3O3/c23-18(24)4-2-1-3-14-5-7-15(8-6-14)17-13-21-19(25)22(17)16-9-11-20-12-10-16/h5-8,16-17,20H,1-4,9-13H2,(H,21,25)(H,23,24). The van der Waals surface area contributed by atoms with E-state index in [1.54, 1.807) is 0 Å². The average molecular weight is 345 g/mol. The number of hydrogen-bond donors (Lipinski definition) is 3. The van der Waals surface area contributed by atoms with E-state index in [0.29, 0.717) is 19.0 Å². The molecule has 6 heteroatoms. The van der Waals surface area contributed by atoms with Crippen molar-refractivity contribution in [2.45, 2.75) is 50.6 Å². The topological polar surface area (TPSA) is 81.7 Å². The number of rotatable bonds is 7. The van der Waals surface area contributed by atoms with Crippen LogP contribution in [-0.2, 0) is 11.2 Å². The van der Waals surface area contributed by atoms with E-state index in [0.717, 1.165) is 38.8 Å². The van der Waals surface area contributed by atoms with Crippen molar-refractivity contribution in [2.24, 2.45) is 0 Å². The summed E-state index contributed by atoms with van der Waals surface area (Å²) in [6.45, 7) is 2.60. The van der Waals surface area contributed by atoms with Crippen molar-refractivity contribution in [1.82, 2.24) is 15.5 Å². The number of carbonyl (C=O) groups excluding carboxylic acids is 1. The number of urea groups is 1. The van der Waals surface area contributed by atoms with Crippen LogP contribution in [0.4, 0.5) is 4.79 Å². The van der Waals surface area contributed by atoms with E-state index in [1.807, 2.05) is 4.90 Å². The quantitative estimate of drug-likeness (QED) is 0.662. The molecule has 6 nitrogen and oxygen atoms in total. The number of amides is 2. The zero-order valence-corrected chi connectivity index (χ0v) is 14.5. The Morgan fingerprint density at radius 1 is 1.16 bits per heavy atom. The molecular weight excluding hydrogens is 318 g/mol. The van der Waals surface area contributed by atoms with Gasteiger partial charge in [0.25, 0.3) is 0 Å². The van der Waals surface area contributed by atoms with Crippen LogP contribution in [0.1, 0.15) is 49.3 Å². The maximum absolute atomic E-state index is 12.3. The van der Waals surface area contributed by atoms with Crippen molar-refractivity contribution in [3.8, 4) is 0 Å². The van der Waals surface area contributed by atoms with E-state index in [4.69, 9.17) is 5.11 Å². The number of piperidine rings is 1. The molecule has 2 aliphatic heterocycles. The zero-order valence-electron chi connectivity index (χ0n) is 14.5. The number of aryl methyl sites for hydroxylation is 1. The first-order valence-corrected chi connectivity index (χ1v) is 9.22. The maximum Gasteiger partial charge on any atom is 0.318 e. The summed E-state index contributed by atoms with van der Waals surface area (Å²) in [6.07, 6.45) is 4.74. The summed E-state index contributed by atoms with van der Waals surface area (Å²) >= 11 is 0. The number of carbonyl (C=O) groups is 2. The van der Waals surface area contributed by atoms with Crippen molar-refractivity contribution in [2.75, 3.05) is 19.6 Å². The van der Waals surface area contributed by atoms with Gasteiger partial charge in [0.05, 0.1) is 6.04 Å². The third kappa shape index (κ3) is 4.51. The molecule has 0 aliphatic carbocycles. The maximum atomic E-state index is 12.3. The Balaban J connectivity index is 1.60. The fourth-order valence-corrected chi connectivity index (χ4v) is 3.81. The van der Waals surface area contributed by atoms with Crippen LogP contribution >= 0.6 is 0 Å². The Morgan fingerprint density at radius 2 is 1.88 bits per heavy atom. The lowest BCUT2D eigenvalue weighted by molar-refractivity contribution is -0.137. The largest absolute Gasteiger partial charge is 0.481 e. The lowest BCUT2D eigenvalue weighted by Gasteiger charge is -2.35. The molecule has 0 saturated carbocycles. The van der Waals surface area contributed by atoms with Crippen LogP contribution in [0.15, 0.2) is 24.3 Å². The van der Waals surface area contributed by atoms with Crippen LogP contribution in [0, 0.1) is 0 Å². The van der Waals surface area contributed by atoms with Crippen LogP contribution in [-0.4, -0.2) is 47.7 Å². The molecule has 1 aromatic carbocycles. The number of nitrogens with one attached hydrogen (secondary N) is 2. The van der Waals surface area contributed by atoms with Crippen molar-refractivity contribution < 1.29 is 14.7 Å². The molecule has 2 saturated heterocycles. The summed E-state index contributed by atoms with van der Waals surface area (Å²) in [7, 11) is 0. The van der Waals surface area contributed by atoms with Crippen molar-refractivity contribution in [3.05, 3.63) is 35.4 Å². The fourth-order valence-electron chi connectivity index (χ4n) is 3.81. The van der Waals surface area contributed by atoms with Gasteiger partial charge in [-0.3, -0.25) is 4.79 Å². The highest BCUT2D eigenvalue weighted by atomic mass is 16.4. The van der Waals surface area contributed by atoms with E-state index in [-0.39, 0.29) is 18.5 Å². The number of unbranched alkanes of at least 4 members (excludes halogenated alkanes) is 1. The molecule has 1 unspecified atom stereocenters. The second-order valence-electron chi connectivity index (χ2n) is 6.93. The highest BCUT2D eigenvalue weighted by molar-refractivity contribution is 5.77. The van der Waals surface area contributed by atoms with E-state index in [2.05, 4.69) is 34.9 Å². The summed E-state index contributed by atoms with van der Waals surface area (Å²) in [5.41, 5.74) is 2.39. The molecule has 2 amide bonds. The minimum atomic E-state index is -0.730. The van der Waals surface area contributed by atoms with Crippen LogP contribution in [0.5, 0.6) is 0 Å². The van der Waals surface area contributed by atoms with Gasteiger partial charge in [0, 0.05) is 19.0 Å². The van der Waals surface area contributed by atoms with Gasteiger partial charge in [0.1, 0.15) is 0 Å². The Bertz CT molecular complexity index is 596. The second kappa shape index (κ2) is 8.34. The summed E-state index contributed by atoms with van der Waals surface area (Å²) < 4.78 is 0. The molecule has 0 aromatic heterocycles. The first kappa shape index (κ1) is 17.7. The summed E-state index contributed by atoms with van der Waals surface area (Å²) in [6, 6.07) is 8.92. The average Bonchev–Trinajstić information content (AvgIpc) is 3.01. The van der Waals surface area contributed by atoms with Crippen LogP contribution in [0.3, 0.4) is 0 Å². The third-order valence-corrected chi connectivity index (χ3v) is 5.19. The number of nitrogens with zero attached hydrogens (tertiary/aromatic N) is 1. The van der Waals surface area contributed by atoms with Gasteiger partial charge in [-0.1, -0.05) is 24.3 Å². The Labute approximate surface area is 148 Å². The number of carboxylic acid groups (broad SMARTS) is 1. The zero-order chi connectivity index (χ0) is 17.6. The molecule has 25 heavy (non-hydrogen) atoms.